The van der Waals surface area contributed by atoms with Crippen LogP contribution < -0.4 is 14.5 Å². The number of rotatable bonds is 4. The number of aryl methyl sites for hydroxylation is 2. The molecule has 4 aromatic carbocycles. The maximum Gasteiger partial charge on any atom is 0.228 e. The third kappa shape index (κ3) is 4.34. The number of aromatic nitrogens is 1. The van der Waals surface area contributed by atoms with Gasteiger partial charge in [-0.1, -0.05) is 95.8 Å². The van der Waals surface area contributed by atoms with Crippen molar-refractivity contribution in [1.82, 2.24) is 0 Å². The van der Waals surface area contributed by atoms with Crippen LogP contribution in [0.3, 0.4) is 0 Å². The second kappa shape index (κ2) is 9.17. The first-order valence-corrected chi connectivity index (χ1v) is 18.4. The molecule has 0 unspecified atom stereocenters. The molecule has 0 saturated carbocycles. The van der Waals surface area contributed by atoms with E-state index in [-0.39, 0.29) is 5.41 Å². The van der Waals surface area contributed by atoms with Crippen LogP contribution in [0.4, 0.5) is 0 Å². The molecule has 0 atom stereocenters. The van der Waals surface area contributed by atoms with E-state index in [4.69, 9.17) is 4.74 Å². The van der Waals surface area contributed by atoms with Crippen molar-refractivity contribution < 1.29 is 9.30 Å². The molecule has 2 heterocycles. The summed E-state index contributed by atoms with van der Waals surface area (Å²) in [4.78, 5) is 0. The Morgan fingerprint density at radius 2 is 1.62 bits per heavy atom. The van der Waals surface area contributed by atoms with Gasteiger partial charge in [0.2, 0.25) is 5.69 Å². The SMILES string of the molecule is Cc1c2c(c(CC(C)(C)C)c3ccc(CC(C)C)cc13)Oc1cc3c([Si](C)(C)C)cccc3c3cc[n+](C)c-2c13. The highest BCUT2D eigenvalue weighted by atomic mass is 28.3. The Morgan fingerprint density at radius 1 is 0.875 bits per heavy atom. The molecule has 1 aliphatic rings. The molecule has 0 spiro atoms. The number of benzene rings is 4. The maximum atomic E-state index is 7.14. The minimum atomic E-state index is -1.56. The molecule has 0 bridgehead atoms. The van der Waals surface area contributed by atoms with E-state index in [1.807, 2.05) is 0 Å². The van der Waals surface area contributed by atoms with Crippen LogP contribution in [-0.4, -0.2) is 8.07 Å². The summed E-state index contributed by atoms with van der Waals surface area (Å²) in [6.45, 7) is 21.2. The number of hydrogen-bond donors (Lipinski definition) is 0. The van der Waals surface area contributed by atoms with E-state index in [2.05, 4.69) is 128 Å². The third-order valence-electron chi connectivity index (χ3n) is 8.54. The van der Waals surface area contributed by atoms with E-state index in [9.17, 15) is 0 Å². The van der Waals surface area contributed by atoms with Crippen molar-refractivity contribution in [2.45, 2.75) is 74.0 Å². The Labute approximate surface area is 241 Å². The minimum absolute atomic E-state index is 0.124. The third-order valence-corrected chi connectivity index (χ3v) is 10.6. The standard InChI is InChI=1S/C37H44NOSi/c1-22(2)18-24-14-15-26-28(19-24)23(3)33-35-34-27(16-17-38(35)7)25-12-11-13-32(40(8,9)10)29(25)20-31(34)39-36(33)30(26)21-37(4,5)6/h11-17,19-20,22H,18,21H2,1-10H3/q+1. The highest BCUT2D eigenvalue weighted by Crippen LogP contribution is 2.52. The monoisotopic (exact) mass is 546 g/mol. The zero-order valence-corrected chi connectivity index (χ0v) is 27.0. The van der Waals surface area contributed by atoms with Crippen LogP contribution in [0.15, 0.2) is 54.7 Å². The van der Waals surface area contributed by atoms with Crippen LogP contribution in [0, 0.1) is 18.3 Å². The quantitative estimate of drug-likeness (QED) is 0.122. The largest absolute Gasteiger partial charge is 0.455 e. The van der Waals surface area contributed by atoms with E-state index < -0.39 is 8.07 Å². The molecule has 1 aromatic heterocycles. The highest BCUT2D eigenvalue weighted by Gasteiger charge is 2.35. The second-order valence-corrected chi connectivity index (χ2v) is 19.8. The first kappa shape index (κ1) is 27.0. The molecule has 2 nitrogen and oxygen atoms in total. The fourth-order valence-corrected chi connectivity index (χ4v) is 8.48. The summed E-state index contributed by atoms with van der Waals surface area (Å²) in [5, 5.41) is 9.40. The van der Waals surface area contributed by atoms with Crippen molar-refractivity contribution in [3.63, 3.8) is 0 Å². The first-order chi connectivity index (χ1) is 18.7. The average molecular weight is 547 g/mol. The second-order valence-electron chi connectivity index (χ2n) is 14.7. The molecule has 206 valence electrons. The predicted molar refractivity (Wildman–Crippen MR) is 175 cm³/mol. The Kier molecular flexibility index (Phi) is 6.20. The van der Waals surface area contributed by atoms with Crippen LogP contribution in [0.2, 0.25) is 19.6 Å². The van der Waals surface area contributed by atoms with E-state index in [0.29, 0.717) is 5.92 Å². The molecule has 0 saturated heterocycles. The molecular formula is C37H44NOSi+. The molecular weight excluding hydrogens is 502 g/mol. The fraction of sp³-hybridized carbons (Fsp3) is 0.378. The Balaban J connectivity index is 1.77. The Bertz CT molecular complexity index is 1830. The molecule has 0 fully saturated rings. The lowest BCUT2D eigenvalue weighted by molar-refractivity contribution is -0.659. The summed E-state index contributed by atoms with van der Waals surface area (Å²) in [6, 6.07) is 18.7. The summed E-state index contributed by atoms with van der Waals surface area (Å²) in [6.07, 6.45) is 4.30. The van der Waals surface area contributed by atoms with Gasteiger partial charge in [0.05, 0.1) is 19.0 Å². The number of nitrogens with zero attached hydrogens (tertiary/aromatic N) is 1. The summed E-state index contributed by atoms with van der Waals surface area (Å²) < 4.78 is 9.46. The predicted octanol–water partition coefficient (Wildman–Crippen LogP) is 9.38. The first-order valence-electron chi connectivity index (χ1n) is 14.9. The summed E-state index contributed by atoms with van der Waals surface area (Å²) in [5.74, 6) is 2.68. The molecule has 0 radical (unpaired) electrons. The van der Waals surface area contributed by atoms with E-state index >= 15 is 0 Å². The fourth-order valence-electron chi connectivity index (χ4n) is 6.87. The van der Waals surface area contributed by atoms with Gasteiger partial charge in [0.1, 0.15) is 18.5 Å². The molecule has 40 heavy (non-hydrogen) atoms. The van der Waals surface area contributed by atoms with Crippen LogP contribution in [0.1, 0.15) is 51.3 Å². The van der Waals surface area contributed by atoms with E-state index in [0.717, 1.165) is 24.3 Å². The van der Waals surface area contributed by atoms with Gasteiger partial charge in [-0.2, -0.15) is 0 Å². The van der Waals surface area contributed by atoms with Gasteiger partial charge in [0.15, 0.2) is 6.20 Å². The van der Waals surface area contributed by atoms with Gasteiger partial charge in [0, 0.05) is 17.0 Å². The lowest BCUT2D eigenvalue weighted by atomic mass is 9.81. The smallest absolute Gasteiger partial charge is 0.228 e. The maximum absolute atomic E-state index is 7.14. The molecule has 5 aromatic rings. The topological polar surface area (TPSA) is 13.1 Å². The van der Waals surface area contributed by atoms with E-state index in [1.54, 1.807) is 0 Å². The van der Waals surface area contributed by atoms with Gasteiger partial charge >= 0.3 is 0 Å². The molecule has 0 amide bonds. The highest BCUT2D eigenvalue weighted by molar-refractivity contribution is 6.90. The van der Waals surface area contributed by atoms with Crippen LogP contribution in [0.5, 0.6) is 11.5 Å². The zero-order chi connectivity index (χ0) is 28.7. The van der Waals surface area contributed by atoms with Gasteiger partial charge < -0.3 is 4.74 Å². The van der Waals surface area contributed by atoms with Crippen LogP contribution in [-0.2, 0) is 19.9 Å². The van der Waals surface area contributed by atoms with Gasteiger partial charge in [-0.15, -0.1) is 0 Å². The molecule has 1 aliphatic heterocycles. The van der Waals surface area contributed by atoms with Gasteiger partial charge in [0.25, 0.3) is 0 Å². The minimum Gasteiger partial charge on any atom is -0.455 e. The van der Waals surface area contributed by atoms with Crippen molar-refractivity contribution in [3.8, 4) is 22.8 Å². The van der Waals surface area contributed by atoms with Gasteiger partial charge in [-0.05, 0) is 69.8 Å². The molecule has 0 aliphatic carbocycles. The zero-order valence-electron chi connectivity index (χ0n) is 26.0. The Hall–Kier alpha value is -3.17. The summed E-state index contributed by atoms with van der Waals surface area (Å²) >= 11 is 0. The van der Waals surface area contributed by atoms with Gasteiger partial charge in [-0.3, -0.25) is 0 Å². The van der Waals surface area contributed by atoms with Crippen molar-refractivity contribution >= 4 is 45.6 Å². The van der Waals surface area contributed by atoms with Crippen LogP contribution in [0.25, 0.3) is 43.6 Å². The average Bonchev–Trinajstić information content (AvgIpc) is 2.85. The molecule has 6 rings (SSSR count). The molecule has 3 heteroatoms. The number of hydrogen-bond acceptors (Lipinski definition) is 1. The van der Waals surface area contributed by atoms with Crippen molar-refractivity contribution in [3.05, 3.63) is 71.4 Å². The van der Waals surface area contributed by atoms with E-state index in [1.165, 1.54) is 65.5 Å². The van der Waals surface area contributed by atoms with Gasteiger partial charge in [-0.25, -0.2) is 4.57 Å². The summed E-state index contributed by atoms with van der Waals surface area (Å²) in [7, 11) is 0.628. The van der Waals surface area contributed by atoms with Crippen molar-refractivity contribution in [1.29, 1.82) is 0 Å². The Morgan fingerprint density at radius 3 is 2.30 bits per heavy atom. The number of fused-ring (bicyclic) bond motifs is 5. The normalized spacial score (nSPS) is 13.4. The number of ether oxygens (including phenoxy) is 1. The molecule has 0 N–H and O–H groups in total. The van der Waals surface area contributed by atoms with Crippen LogP contribution >= 0.6 is 0 Å². The lowest BCUT2D eigenvalue weighted by Crippen LogP contribution is -2.38. The lowest BCUT2D eigenvalue weighted by Gasteiger charge is -2.29. The number of pyridine rings is 1. The summed E-state index contributed by atoms with van der Waals surface area (Å²) in [5.41, 5.74) is 6.72. The van der Waals surface area contributed by atoms with Crippen molar-refractivity contribution in [2.24, 2.45) is 18.4 Å². The van der Waals surface area contributed by atoms with Crippen molar-refractivity contribution in [2.75, 3.05) is 0 Å².